The van der Waals surface area contributed by atoms with Gasteiger partial charge in [0.25, 0.3) is 5.56 Å². The molecule has 0 aliphatic carbocycles. The predicted molar refractivity (Wildman–Crippen MR) is 114 cm³/mol. The number of hydrogen-bond donors (Lipinski definition) is 2. The molecular weight excluding hydrogens is 384 g/mol. The summed E-state index contributed by atoms with van der Waals surface area (Å²) in [6.45, 7) is 6.99. The highest BCUT2D eigenvalue weighted by atomic mass is 16.6. The molecule has 0 saturated heterocycles. The zero-order valence-electron chi connectivity index (χ0n) is 17.3. The molecule has 0 unspecified atom stereocenters. The molecule has 30 heavy (non-hydrogen) atoms. The van der Waals surface area contributed by atoms with E-state index in [-0.39, 0.29) is 10.9 Å². The topological polar surface area (TPSA) is 116 Å². The Balaban J connectivity index is 2.22. The zero-order chi connectivity index (χ0) is 22.1. The number of carbonyl (C=O) groups excluding carboxylic acids is 2. The second kappa shape index (κ2) is 7.98. The van der Waals surface area contributed by atoms with E-state index in [9.17, 15) is 14.4 Å². The van der Waals surface area contributed by atoms with Crippen molar-refractivity contribution in [2.45, 2.75) is 39.3 Å². The summed E-state index contributed by atoms with van der Waals surface area (Å²) in [5.41, 5.74) is 5.30. The van der Waals surface area contributed by atoms with Crippen molar-refractivity contribution in [3.63, 3.8) is 0 Å². The molecule has 3 aromatic rings. The van der Waals surface area contributed by atoms with Gasteiger partial charge in [0.05, 0.1) is 28.2 Å². The minimum atomic E-state index is -0.716. The fourth-order valence-corrected chi connectivity index (χ4v) is 3.12. The molecule has 0 fully saturated rings. The number of hydrogen-bond acceptors (Lipinski definition) is 5. The third kappa shape index (κ3) is 4.32. The van der Waals surface area contributed by atoms with Gasteiger partial charge in [-0.15, -0.1) is 0 Å². The van der Waals surface area contributed by atoms with Gasteiger partial charge in [0.15, 0.2) is 0 Å². The van der Waals surface area contributed by atoms with Gasteiger partial charge in [0.1, 0.15) is 11.4 Å². The Hall–Kier alpha value is -3.68. The monoisotopic (exact) mass is 408 g/mol. The molecule has 8 heteroatoms. The molecule has 0 bridgehead atoms. The van der Waals surface area contributed by atoms with Crippen LogP contribution in [0.2, 0.25) is 0 Å². The number of benzene rings is 2. The lowest BCUT2D eigenvalue weighted by atomic mass is 10.1. The third-order valence-electron chi connectivity index (χ3n) is 4.32. The van der Waals surface area contributed by atoms with Crippen molar-refractivity contribution in [2.24, 2.45) is 5.73 Å². The van der Waals surface area contributed by atoms with E-state index in [2.05, 4.69) is 10.3 Å². The fraction of sp³-hybridized carbons (Fsp3) is 0.273. The van der Waals surface area contributed by atoms with Crippen molar-refractivity contribution < 1.29 is 14.3 Å². The van der Waals surface area contributed by atoms with Crippen LogP contribution in [0.15, 0.2) is 53.3 Å². The van der Waals surface area contributed by atoms with Crippen molar-refractivity contribution >= 4 is 22.9 Å². The molecule has 0 spiro atoms. The Labute approximate surface area is 173 Å². The summed E-state index contributed by atoms with van der Waals surface area (Å²) in [5, 5.41) is 2.84. The number of carbonyl (C=O) groups is 2. The highest BCUT2D eigenvalue weighted by Gasteiger charge is 2.24. The van der Waals surface area contributed by atoms with Crippen molar-refractivity contribution in [1.29, 1.82) is 0 Å². The van der Waals surface area contributed by atoms with Gasteiger partial charge in [-0.1, -0.05) is 24.3 Å². The molecule has 3 rings (SSSR count). The van der Waals surface area contributed by atoms with Crippen LogP contribution >= 0.6 is 0 Å². The second-order valence-electron chi connectivity index (χ2n) is 7.88. The standard InChI is InChI=1S/C22H24N4O4/c1-13(24-21(29)30-22(2,3)4)19-25-16-12-8-11-15(18(23)27)17(16)20(28)26(19)14-9-6-5-7-10-14/h5-13H,1-4H3,(H2,23,27)(H,24,29)/t13-/m0/s1. The van der Waals surface area contributed by atoms with E-state index in [0.29, 0.717) is 17.0 Å². The van der Waals surface area contributed by atoms with Crippen LogP contribution < -0.4 is 16.6 Å². The van der Waals surface area contributed by atoms with Crippen molar-refractivity contribution in [1.82, 2.24) is 14.9 Å². The number of primary amides is 1. The van der Waals surface area contributed by atoms with Gasteiger partial charge in [-0.3, -0.25) is 14.2 Å². The summed E-state index contributed by atoms with van der Waals surface area (Å²) in [7, 11) is 0. The molecule has 1 atom stereocenters. The number of ether oxygens (including phenoxy) is 1. The molecule has 1 heterocycles. The molecular formula is C22H24N4O4. The van der Waals surface area contributed by atoms with E-state index in [1.807, 2.05) is 6.07 Å². The van der Waals surface area contributed by atoms with E-state index in [1.54, 1.807) is 64.1 Å². The molecule has 8 nitrogen and oxygen atoms in total. The zero-order valence-corrected chi connectivity index (χ0v) is 17.3. The first kappa shape index (κ1) is 21.0. The molecule has 0 aliphatic rings. The molecule has 1 aromatic heterocycles. The number of nitrogens with zero attached hydrogens (tertiary/aromatic N) is 2. The normalized spacial score (nSPS) is 12.4. The number of aromatic nitrogens is 2. The van der Waals surface area contributed by atoms with Gasteiger partial charge in [-0.05, 0) is 52.0 Å². The Morgan fingerprint density at radius 3 is 2.37 bits per heavy atom. The lowest BCUT2D eigenvalue weighted by molar-refractivity contribution is 0.0505. The second-order valence-corrected chi connectivity index (χ2v) is 7.88. The molecule has 2 amide bonds. The van der Waals surface area contributed by atoms with Crippen LogP contribution in [0.5, 0.6) is 0 Å². The van der Waals surface area contributed by atoms with E-state index in [1.165, 1.54) is 10.6 Å². The summed E-state index contributed by atoms with van der Waals surface area (Å²) in [6.07, 6.45) is -0.630. The Morgan fingerprint density at radius 2 is 1.77 bits per heavy atom. The highest BCUT2D eigenvalue weighted by Crippen LogP contribution is 2.20. The van der Waals surface area contributed by atoms with E-state index in [4.69, 9.17) is 10.5 Å². The summed E-state index contributed by atoms with van der Waals surface area (Å²) in [4.78, 5) is 42.2. The largest absolute Gasteiger partial charge is 0.444 e. The summed E-state index contributed by atoms with van der Waals surface area (Å²) in [6, 6.07) is 12.9. The van der Waals surface area contributed by atoms with Gasteiger partial charge in [0.2, 0.25) is 5.91 Å². The van der Waals surface area contributed by atoms with Gasteiger partial charge in [-0.25, -0.2) is 9.78 Å². The van der Waals surface area contributed by atoms with Crippen LogP contribution in [-0.4, -0.2) is 27.2 Å². The minimum absolute atomic E-state index is 0.0917. The average molecular weight is 408 g/mol. The number of rotatable bonds is 4. The maximum Gasteiger partial charge on any atom is 0.408 e. The number of nitrogens with one attached hydrogen (secondary N) is 1. The van der Waals surface area contributed by atoms with Crippen LogP contribution in [0.1, 0.15) is 49.9 Å². The van der Waals surface area contributed by atoms with Crippen molar-refractivity contribution in [3.8, 4) is 5.69 Å². The Morgan fingerprint density at radius 1 is 1.10 bits per heavy atom. The molecule has 0 aliphatic heterocycles. The number of para-hydroxylation sites is 1. The van der Waals surface area contributed by atoms with E-state index in [0.717, 1.165) is 0 Å². The van der Waals surface area contributed by atoms with Crippen molar-refractivity contribution in [2.75, 3.05) is 0 Å². The van der Waals surface area contributed by atoms with Crippen LogP contribution in [0.3, 0.4) is 0 Å². The average Bonchev–Trinajstić information content (AvgIpc) is 2.66. The lowest BCUT2D eigenvalue weighted by Crippen LogP contribution is -2.37. The maximum atomic E-state index is 13.5. The van der Waals surface area contributed by atoms with E-state index < -0.39 is 29.2 Å². The number of alkyl carbamates (subject to hydrolysis) is 1. The van der Waals surface area contributed by atoms with Gasteiger partial charge in [-0.2, -0.15) is 0 Å². The highest BCUT2D eigenvalue weighted by molar-refractivity contribution is 6.05. The summed E-state index contributed by atoms with van der Waals surface area (Å²) >= 11 is 0. The summed E-state index contributed by atoms with van der Waals surface area (Å²) in [5.74, 6) is -0.419. The molecule has 0 saturated carbocycles. The molecule has 2 aromatic carbocycles. The number of fused-ring (bicyclic) bond motifs is 1. The SMILES string of the molecule is C[C@H](NC(=O)OC(C)(C)C)c1nc2cccc(C(N)=O)c2c(=O)n1-c1ccccc1. The maximum absolute atomic E-state index is 13.5. The molecule has 3 N–H and O–H groups in total. The van der Waals surface area contributed by atoms with Gasteiger partial charge < -0.3 is 15.8 Å². The minimum Gasteiger partial charge on any atom is -0.444 e. The first-order valence-electron chi connectivity index (χ1n) is 9.49. The third-order valence-corrected chi connectivity index (χ3v) is 4.32. The first-order valence-corrected chi connectivity index (χ1v) is 9.49. The molecule has 156 valence electrons. The van der Waals surface area contributed by atoms with Crippen LogP contribution in [0, 0.1) is 0 Å². The fourth-order valence-electron chi connectivity index (χ4n) is 3.12. The van der Waals surface area contributed by atoms with Crippen LogP contribution in [0.4, 0.5) is 4.79 Å². The smallest absolute Gasteiger partial charge is 0.408 e. The van der Waals surface area contributed by atoms with E-state index >= 15 is 0 Å². The quantitative estimate of drug-likeness (QED) is 0.688. The van der Waals surface area contributed by atoms with Crippen LogP contribution in [-0.2, 0) is 4.74 Å². The van der Waals surface area contributed by atoms with Gasteiger partial charge in [0, 0.05) is 0 Å². The predicted octanol–water partition coefficient (Wildman–Crippen LogP) is 3.07. The number of amides is 2. The lowest BCUT2D eigenvalue weighted by Gasteiger charge is -2.23. The number of nitrogens with two attached hydrogens (primary N) is 1. The van der Waals surface area contributed by atoms with Gasteiger partial charge >= 0.3 is 6.09 Å². The Bertz CT molecular complexity index is 1160. The Kier molecular flexibility index (Phi) is 5.60. The van der Waals surface area contributed by atoms with Crippen LogP contribution in [0.25, 0.3) is 16.6 Å². The van der Waals surface area contributed by atoms with Crippen molar-refractivity contribution in [3.05, 3.63) is 70.3 Å². The first-order chi connectivity index (χ1) is 14.1. The summed E-state index contributed by atoms with van der Waals surface area (Å²) < 4.78 is 6.69. The molecule has 0 radical (unpaired) electrons.